The van der Waals surface area contributed by atoms with Crippen molar-refractivity contribution in [2.45, 2.75) is 38.6 Å². The van der Waals surface area contributed by atoms with Crippen LogP contribution in [-0.2, 0) is 6.54 Å². The van der Waals surface area contributed by atoms with Crippen molar-refractivity contribution in [3.63, 3.8) is 0 Å². The van der Waals surface area contributed by atoms with E-state index in [1.807, 2.05) is 6.92 Å². The molecule has 1 heterocycles. The Hall–Kier alpha value is -0.830. The van der Waals surface area contributed by atoms with Gasteiger partial charge in [-0.05, 0) is 19.8 Å². The van der Waals surface area contributed by atoms with E-state index in [1.54, 1.807) is 0 Å². The first-order chi connectivity index (χ1) is 5.83. The number of hydrogen-bond donors (Lipinski definition) is 2. The van der Waals surface area contributed by atoms with E-state index in [1.165, 1.54) is 30.5 Å². The molecule has 0 spiro atoms. The van der Waals surface area contributed by atoms with Gasteiger partial charge in [0.2, 0.25) is 0 Å². The molecule has 3 nitrogen and oxygen atoms in total. The van der Waals surface area contributed by atoms with Gasteiger partial charge in [-0.3, -0.25) is 5.10 Å². The molecule has 0 radical (unpaired) electrons. The molecule has 1 aromatic rings. The van der Waals surface area contributed by atoms with Gasteiger partial charge in [-0.15, -0.1) is 0 Å². The summed E-state index contributed by atoms with van der Waals surface area (Å²) in [6, 6.07) is 0. The third-order valence-electron chi connectivity index (χ3n) is 2.80. The fourth-order valence-electron chi connectivity index (χ4n) is 1.75. The van der Waals surface area contributed by atoms with Gasteiger partial charge in [0.1, 0.15) is 0 Å². The minimum atomic E-state index is 0.619. The molecule has 1 aromatic heterocycles. The normalized spacial score (nSPS) is 17.8. The van der Waals surface area contributed by atoms with Crippen LogP contribution in [-0.4, -0.2) is 10.2 Å². The Balaban J connectivity index is 2.29. The number of hydrogen-bond acceptors (Lipinski definition) is 2. The van der Waals surface area contributed by atoms with Crippen LogP contribution < -0.4 is 5.73 Å². The molecule has 66 valence electrons. The Bertz CT molecular complexity index is 273. The maximum Gasteiger partial charge on any atom is 0.0700 e. The fraction of sp³-hybridized carbons (Fsp3) is 0.667. The number of aromatic nitrogens is 2. The number of aryl methyl sites for hydroxylation is 1. The van der Waals surface area contributed by atoms with Gasteiger partial charge in [-0.25, -0.2) is 0 Å². The highest BCUT2D eigenvalue weighted by atomic mass is 15.1. The predicted octanol–water partition coefficient (Wildman–Crippen LogP) is 1.44. The first kappa shape index (κ1) is 7.80. The second kappa shape index (κ2) is 2.90. The van der Waals surface area contributed by atoms with Crippen molar-refractivity contribution in [2.75, 3.05) is 0 Å². The first-order valence-corrected chi connectivity index (χ1v) is 4.56. The Morgan fingerprint density at radius 2 is 2.33 bits per heavy atom. The van der Waals surface area contributed by atoms with Crippen LogP contribution in [0.25, 0.3) is 0 Å². The zero-order chi connectivity index (χ0) is 8.55. The zero-order valence-electron chi connectivity index (χ0n) is 7.43. The number of aromatic amines is 1. The number of nitrogens with one attached hydrogen (secondary N) is 1. The van der Waals surface area contributed by atoms with Crippen LogP contribution in [0.15, 0.2) is 0 Å². The third kappa shape index (κ3) is 1.05. The molecule has 3 heteroatoms. The minimum absolute atomic E-state index is 0.619. The molecular weight excluding hydrogens is 150 g/mol. The molecule has 3 N–H and O–H groups in total. The summed E-state index contributed by atoms with van der Waals surface area (Å²) in [4.78, 5) is 0. The average Bonchev–Trinajstić information content (AvgIpc) is 2.29. The van der Waals surface area contributed by atoms with Crippen molar-refractivity contribution in [2.24, 2.45) is 5.73 Å². The highest BCUT2D eigenvalue weighted by Gasteiger charge is 2.24. The lowest BCUT2D eigenvalue weighted by molar-refractivity contribution is 0.408. The molecule has 0 saturated heterocycles. The maximum atomic E-state index is 5.65. The molecule has 0 atom stereocenters. The van der Waals surface area contributed by atoms with Crippen LogP contribution in [0.2, 0.25) is 0 Å². The monoisotopic (exact) mass is 165 g/mol. The molecule has 1 fully saturated rings. The lowest BCUT2D eigenvalue weighted by Gasteiger charge is -2.24. The predicted molar refractivity (Wildman–Crippen MR) is 47.8 cm³/mol. The SMILES string of the molecule is Cc1[nH]nc(C2CCC2)c1CN. The second-order valence-electron chi connectivity index (χ2n) is 3.54. The summed E-state index contributed by atoms with van der Waals surface area (Å²) < 4.78 is 0. The molecule has 1 saturated carbocycles. The maximum absolute atomic E-state index is 5.65. The summed E-state index contributed by atoms with van der Waals surface area (Å²) in [5.74, 6) is 0.688. The molecule has 1 aliphatic rings. The van der Waals surface area contributed by atoms with E-state index in [2.05, 4.69) is 10.2 Å². The number of nitrogens with zero attached hydrogens (tertiary/aromatic N) is 1. The summed E-state index contributed by atoms with van der Waals surface area (Å²) in [7, 11) is 0. The van der Waals surface area contributed by atoms with Crippen LogP contribution >= 0.6 is 0 Å². The molecule has 0 aliphatic heterocycles. The van der Waals surface area contributed by atoms with Crippen molar-refractivity contribution in [1.82, 2.24) is 10.2 Å². The van der Waals surface area contributed by atoms with Crippen LogP contribution in [0.4, 0.5) is 0 Å². The number of H-pyrrole nitrogens is 1. The van der Waals surface area contributed by atoms with Gasteiger partial charge in [0.05, 0.1) is 5.69 Å². The van der Waals surface area contributed by atoms with Crippen molar-refractivity contribution < 1.29 is 0 Å². The van der Waals surface area contributed by atoms with Gasteiger partial charge in [0.15, 0.2) is 0 Å². The van der Waals surface area contributed by atoms with E-state index in [0.29, 0.717) is 12.5 Å². The van der Waals surface area contributed by atoms with E-state index in [9.17, 15) is 0 Å². The molecule has 1 aliphatic carbocycles. The van der Waals surface area contributed by atoms with Crippen molar-refractivity contribution >= 4 is 0 Å². The van der Waals surface area contributed by atoms with Crippen LogP contribution in [0.5, 0.6) is 0 Å². The summed E-state index contributed by atoms with van der Waals surface area (Å²) in [6.45, 7) is 2.66. The van der Waals surface area contributed by atoms with Gasteiger partial charge in [0.25, 0.3) is 0 Å². The van der Waals surface area contributed by atoms with E-state index in [-0.39, 0.29) is 0 Å². The van der Waals surface area contributed by atoms with Gasteiger partial charge < -0.3 is 5.73 Å². The van der Waals surface area contributed by atoms with Gasteiger partial charge in [0, 0.05) is 23.7 Å². The summed E-state index contributed by atoms with van der Waals surface area (Å²) >= 11 is 0. The standard InChI is InChI=1S/C9H15N3/c1-6-8(5-10)9(12-11-6)7-3-2-4-7/h7H,2-5,10H2,1H3,(H,11,12). The molecule has 12 heavy (non-hydrogen) atoms. The molecule has 0 aromatic carbocycles. The van der Waals surface area contributed by atoms with Gasteiger partial charge in [-0.1, -0.05) is 6.42 Å². The smallest absolute Gasteiger partial charge is 0.0700 e. The van der Waals surface area contributed by atoms with E-state index in [4.69, 9.17) is 5.73 Å². The third-order valence-corrected chi connectivity index (χ3v) is 2.80. The number of nitrogens with two attached hydrogens (primary N) is 1. The number of rotatable bonds is 2. The van der Waals surface area contributed by atoms with Crippen LogP contribution in [0.3, 0.4) is 0 Å². The molecule has 0 unspecified atom stereocenters. The largest absolute Gasteiger partial charge is 0.326 e. The van der Waals surface area contributed by atoms with Gasteiger partial charge >= 0.3 is 0 Å². The van der Waals surface area contributed by atoms with Crippen molar-refractivity contribution in [3.05, 3.63) is 17.0 Å². The molecule has 0 bridgehead atoms. The van der Waals surface area contributed by atoms with Crippen molar-refractivity contribution in [3.8, 4) is 0 Å². The Labute approximate surface area is 72.4 Å². The Morgan fingerprint density at radius 3 is 2.83 bits per heavy atom. The Kier molecular flexibility index (Phi) is 1.89. The minimum Gasteiger partial charge on any atom is -0.326 e. The van der Waals surface area contributed by atoms with Gasteiger partial charge in [-0.2, -0.15) is 5.10 Å². The van der Waals surface area contributed by atoms with Crippen LogP contribution in [0, 0.1) is 6.92 Å². The average molecular weight is 165 g/mol. The van der Waals surface area contributed by atoms with Crippen LogP contribution in [0.1, 0.15) is 42.1 Å². The molecular formula is C9H15N3. The van der Waals surface area contributed by atoms with E-state index >= 15 is 0 Å². The zero-order valence-corrected chi connectivity index (χ0v) is 7.43. The first-order valence-electron chi connectivity index (χ1n) is 4.56. The summed E-state index contributed by atoms with van der Waals surface area (Å²) in [5.41, 5.74) is 9.25. The second-order valence-corrected chi connectivity index (χ2v) is 3.54. The molecule has 2 rings (SSSR count). The lowest BCUT2D eigenvalue weighted by Crippen LogP contribution is -2.12. The highest BCUT2D eigenvalue weighted by molar-refractivity contribution is 5.28. The van der Waals surface area contributed by atoms with Crippen molar-refractivity contribution in [1.29, 1.82) is 0 Å². The lowest BCUT2D eigenvalue weighted by atomic mass is 9.81. The topological polar surface area (TPSA) is 54.7 Å². The van der Waals surface area contributed by atoms with E-state index < -0.39 is 0 Å². The quantitative estimate of drug-likeness (QED) is 0.696. The fourth-order valence-corrected chi connectivity index (χ4v) is 1.75. The summed E-state index contributed by atoms with van der Waals surface area (Å²) in [5, 5.41) is 7.31. The van der Waals surface area contributed by atoms with E-state index in [0.717, 1.165) is 5.69 Å². The summed E-state index contributed by atoms with van der Waals surface area (Å²) in [6.07, 6.45) is 3.93. The Morgan fingerprint density at radius 1 is 1.58 bits per heavy atom. The highest BCUT2D eigenvalue weighted by Crippen LogP contribution is 2.37. The molecule has 0 amide bonds.